The van der Waals surface area contributed by atoms with Gasteiger partial charge in [0.05, 0.1) is 6.54 Å². The molecule has 140 valence electrons. The fourth-order valence-corrected chi connectivity index (χ4v) is 3.00. The molecule has 0 radical (unpaired) electrons. The molecule has 0 atom stereocenters. The Bertz CT molecular complexity index is 870. The van der Waals surface area contributed by atoms with Crippen molar-refractivity contribution in [2.45, 2.75) is 33.0 Å². The van der Waals surface area contributed by atoms with Gasteiger partial charge < -0.3 is 10.6 Å². The summed E-state index contributed by atoms with van der Waals surface area (Å²) in [5.74, 6) is 0.794. The Morgan fingerprint density at radius 3 is 2.52 bits per heavy atom. The Labute approximate surface area is 160 Å². The SMILES string of the molecule is CCc1ccccc1CNC(=NC)NCc1cccc(Cn2cncn2)c1. The minimum Gasteiger partial charge on any atom is -0.352 e. The predicted molar refractivity (Wildman–Crippen MR) is 108 cm³/mol. The molecule has 0 aliphatic rings. The molecule has 0 spiro atoms. The van der Waals surface area contributed by atoms with Crippen molar-refractivity contribution in [3.8, 4) is 0 Å². The first kappa shape index (κ1) is 18.6. The van der Waals surface area contributed by atoms with Crippen LogP contribution in [-0.4, -0.2) is 27.8 Å². The number of aliphatic imine (C=N–C) groups is 1. The van der Waals surface area contributed by atoms with E-state index in [4.69, 9.17) is 0 Å². The number of aromatic nitrogens is 3. The lowest BCUT2D eigenvalue weighted by Gasteiger charge is -2.14. The number of aryl methyl sites for hydroxylation is 1. The molecule has 2 N–H and O–H groups in total. The Balaban J connectivity index is 1.55. The molecule has 0 aliphatic heterocycles. The van der Waals surface area contributed by atoms with Gasteiger partial charge in [-0.2, -0.15) is 5.10 Å². The first-order valence-electron chi connectivity index (χ1n) is 9.20. The van der Waals surface area contributed by atoms with Crippen LogP contribution in [0.2, 0.25) is 0 Å². The molecular formula is C21H26N6. The molecule has 1 heterocycles. The third kappa shape index (κ3) is 5.41. The summed E-state index contributed by atoms with van der Waals surface area (Å²) in [5.41, 5.74) is 5.06. The van der Waals surface area contributed by atoms with Crippen LogP contribution in [0.15, 0.2) is 66.2 Å². The van der Waals surface area contributed by atoms with Gasteiger partial charge in [0.25, 0.3) is 0 Å². The smallest absolute Gasteiger partial charge is 0.191 e. The number of hydrogen-bond acceptors (Lipinski definition) is 3. The highest BCUT2D eigenvalue weighted by Gasteiger charge is 2.03. The van der Waals surface area contributed by atoms with Crippen LogP contribution >= 0.6 is 0 Å². The largest absolute Gasteiger partial charge is 0.352 e. The van der Waals surface area contributed by atoms with Gasteiger partial charge in [0.2, 0.25) is 0 Å². The summed E-state index contributed by atoms with van der Waals surface area (Å²) < 4.78 is 1.82. The average Bonchev–Trinajstić information content (AvgIpc) is 3.21. The van der Waals surface area contributed by atoms with Crippen LogP contribution in [0.4, 0.5) is 0 Å². The molecule has 0 saturated heterocycles. The van der Waals surface area contributed by atoms with E-state index in [9.17, 15) is 0 Å². The summed E-state index contributed by atoms with van der Waals surface area (Å²) >= 11 is 0. The molecule has 6 nitrogen and oxygen atoms in total. The van der Waals surface area contributed by atoms with Crippen LogP contribution in [0.3, 0.4) is 0 Å². The van der Waals surface area contributed by atoms with E-state index in [0.29, 0.717) is 13.1 Å². The Morgan fingerprint density at radius 1 is 1.00 bits per heavy atom. The average molecular weight is 362 g/mol. The summed E-state index contributed by atoms with van der Waals surface area (Å²) in [5, 5.41) is 10.9. The van der Waals surface area contributed by atoms with Crippen molar-refractivity contribution in [3.63, 3.8) is 0 Å². The van der Waals surface area contributed by atoms with Gasteiger partial charge in [0.15, 0.2) is 5.96 Å². The lowest BCUT2D eigenvalue weighted by atomic mass is 10.1. The van der Waals surface area contributed by atoms with Gasteiger partial charge in [-0.1, -0.05) is 55.5 Å². The normalized spacial score (nSPS) is 11.4. The molecule has 0 fully saturated rings. The second-order valence-electron chi connectivity index (χ2n) is 6.31. The van der Waals surface area contributed by atoms with E-state index in [1.54, 1.807) is 19.7 Å². The summed E-state index contributed by atoms with van der Waals surface area (Å²) in [6, 6.07) is 16.9. The zero-order chi connectivity index (χ0) is 18.9. The molecule has 0 aliphatic carbocycles. The van der Waals surface area contributed by atoms with E-state index in [1.807, 2.05) is 4.68 Å². The van der Waals surface area contributed by atoms with Crippen molar-refractivity contribution in [1.29, 1.82) is 0 Å². The molecular weight excluding hydrogens is 336 g/mol. The lowest BCUT2D eigenvalue weighted by molar-refractivity contribution is 0.683. The third-order valence-electron chi connectivity index (χ3n) is 4.43. The van der Waals surface area contributed by atoms with Crippen molar-refractivity contribution >= 4 is 5.96 Å². The number of guanidine groups is 1. The Kier molecular flexibility index (Phi) is 6.57. The highest BCUT2D eigenvalue weighted by molar-refractivity contribution is 5.79. The van der Waals surface area contributed by atoms with Crippen molar-refractivity contribution in [3.05, 3.63) is 83.4 Å². The molecule has 2 aromatic carbocycles. The minimum atomic E-state index is 0.709. The molecule has 1 aromatic heterocycles. The molecule has 0 bridgehead atoms. The summed E-state index contributed by atoms with van der Waals surface area (Å²) in [6.07, 6.45) is 4.31. The number of hydrogen-bond donors (Lipinski definition) is 2. The Morgan fingerprint density at radius 2 is 1.78 bits per heavy atom. The lowest BCUT2D eigenvalue weighted by Crippen LogP contribution is -2.36. The molecule has 27 heavy (non-hydrogen) atoms. The molecule has 0 saturated carbocycles. The van der Waals surface area contributed by atoms with Crippen LogP contribution in [0.25, 0.3) is 0 Å². The quantitative estimate of drug-likeness (QED) is 0.501. The number of benzene rings is 2. The van der Waals surface area contributed by atoms with Gasteiger partial charge in [-0.25, -0.2) is 9.67 Å². The predicted octanol–water partition coefficient (Wildman–Crippen LogP) is 2.75. The van der Waals surface area contributed by atoms with Gasteiger partial charge in [-0.15, -0.1) is 0 Å². The van der Waals surface area contributed by atoms with Crippen LogP contribution in [0.5, 0.6) is 0 Å². The van der Waals surface area contributed by atoms with Crippen LogP contribution in [-0.2, 0) is 26.1 Å². The van der Waals surface area contributed by atoms with Gasteiger partial charge in [0.1, 0.15) is 12.7 Å². The molecule has 3 rings (SSSR count). The fraction of sp³-hybridized carbons (Fsp3) is 0.286. The van der Waals surface area contributed by atoms with Crippen molar-refractivity contribution < 1.29 is 0 Å². The third-order valence-corrected chi connectivity index (χ3v) is 4.43. The fourth-order valence-electron chi connectivity index (χ4n) is 3.00. The highest BCUT2D eigenvalue weighted by Crippen LogP contribution is 2.09. The standard InChI is InChI=1S/C21H26N6/c1-3-19-9-4-5-10-20(19)13-25-21(22-2)24-12-17-7-6-8-18(11-17)14-27-16-23-15-26-27/h4-11,15-16H,3,12-14H2,1-2H3,(H2,22,24,25). The van der Waals surface area contributed by atoms with Gasteiger partial charge in [-0.3, -0.25) is 4.99 Å². The maximum Gasteiger partial charge on any atom is 0.191 e. The van der Waals surface area contributed by atoms with E-state index >= 15 is 0 Å². The maximum absolute atomic E-state index is 4.33. The van der Waals surface area contributed by atoms with Crippen LogP contribution in [0, 0.1) is 0 Å². The van der Waals surface area contributed by atoms with Gasteiger partial charge in [-0.05, 0) is 28.7 Å². The summed E-state index contributed by atoms with van der Waals surface area (Å²) in [4.78, 5) is 8.31. The van der Waals surface area contributed by atoms with Crippen LogP contribution in [0.1, 0.15) is 29.2 Å². The van der Waals surface area contributed by atoms with E-state index < -0.39 is 0 Å². The maximum atomic E-state index is 4.33. The van der Waals surface area contributed by atoms with E-state index in [2.05, 4.69) is 81.2 Å². The Hall–Kier alpha value is -3.15. The first-order chi connectivity index (χ1) is 13.3. The number of nitrogens with one attached hydrogen (secondary N) is 2. The summed E-state index contributed by atoms with van der Waals surface area (Å²) in [6.45, 7) is 4.36. The molecule has 6 heteroatoms. The van der Waals surface area contributed by atoms with Crippen molar-refractivity contribution in [1.82, 2.24) is 25.4 Å². The number of rotatable bonds is 7. The van der Waals surface area contributed by atoms with Crippen LogP contribution < -0.4 is 10.6 Å². The second kappa shape index (κ2) is 9.52. The minimum absolute atomic E-state index is 0.709. The monoisotopic (exact) mass is 362 g/mol. The highest BCUT2D eigenvalue weighted by atomic mass is 15.3. The van der Waals surface area contributed by atoms with Crippen molar-refractivity contribution in [2.75, 3.05) is 7.05 Å². The van der Waals surface area contributed by atoms with Gasteiger partial charge in [0, 0.05) is 20.1 Å². The molecule has 0 unspecified atom stereocenters. The summed E-state index contributed by atoms with van der Waals surface area (Å²) in [7, 11) is 1.79. The van der Waals surface area contributed by atoms with Gasteiger partial charge >= 0.3 is 0 Å². The van der Waals surface area contributed by atoms with E-state index in [0.717, 1.165) is 18.9 Å². The van der Waals surface area contributed by atoms with E-state index in [1.165, 1.54) is 22.3 Å². The second-order valence-corrected chi connectivity index (χ2v) is 6.31. The molecule has 3 aromatic rings. The zero-order valence-electron chi connectivity index (χ0n) is 15.9. The zero-order valence-corrected chi connectivity index (χ0v) is 15.9. The van der Waals surface area contributed by atoms with Crippen molar-refractivity contribution in [2.24, 2.45) is 4.99 Å². The molecule has 0 amide bonds. The first-order valence-corrected chi connectivity index (χ1v) is 9.20. The number of nitrogens with zero attached hydrogens (tertiary/aromatic N) is 4. The van der Waals surface area contributed by atoms with E-state index in [-0.39, 0.29) is 0 Å². The topological polar surface area (TPSA) is 67.1 Å².